The van der Waals surface area contributed by atoms with Gasteiger partial charge in [-0.25, -0.2) is 0 Å². The molecule has 0 saturated heterocycles. The number of anilines is 1. The third kappa shape index (κ3) is 2.96. The van der Waals surface area contributed by atoms with E-state index in [9.17, 15) is 14.5 Å². The van der Waals surface area contributed by atoms with Crippen LogP contribution in [-0.4, -0.2) is 4.92 Å². The average molecular weight is 339 g/mol. The Labute approximate surface area is 123 Å². The summed E-state index contributed by atoms with van der Waals surface area (Å²) in [6, 6.07) is 9.81. The van der Waals surface area contributed by atoms with E-state index in [-0.39, 0.29) is 12.1 Å². The molecule has 0 aromatic heterocycles. The Morgan fingerprint density at radius 2 is 2.00 bits per heavy atom. The number of nitro groups is 1. The summed E-state index contributed by atoms with van der Waals surface area (Å²) in [6.45, 7) is 2.11. The lowest BCUT2D eigenvalue weighted by atomic mass is 10.1. The second-order valence-corrected chi connectivity index (χ2v) is 5.13. The van der Waals surface area contributed by atoms with E-state index in [0.717, 1.165) is 21.8 Å². The van der Waals surface area contributed by atoms with E-state index in [4.69, 9.17) is 0 Å². The monoisotopic (exact) mass is 338 g/mol. The SMILES string of the molecule is Cc1c(Br)cccc1NCc1cccc([N+](=O)[O-])c1F. The van der Waals surface area contributed by atoms with Gasteiger partial charge in [0.15, 0.2) is 0 Å². The molecule has 2 aromatic rings. The van der Waals surface area contributed by atoms with Crippen molar-refractivity contribution in [1.29, 1.82) is 0 Å². The van der Waals surface area contributed by atoms with Crippen molar-refractivity contribution in [2.45, 2.75) is 13.5 Å². The van der Waals surface area contributed by atoms with Crippen LogP contribution in [0.3, 0.4) is 0 Å². The number of halogens is 2. The van der Waals surface area contributed by atoms with Crippen molar-refractivity contribution in [3.8, 4) is 0 Å². The van der Waals surface area contributed by atoms with Gasteiger partial charge in [0.25, 0.3) is 0 Å². The Balaban J connectivity index is 2.21. The molecule has 2 aromatic carbocycles. The van der Waals surface area contributed by atoms with Gasteiger partial charge in [0, 0.05) is 28.3 Å². The number of nitrogens with zero attached hydrogens (tertiary/aromatic N) is 1. The highest BCUT2D eigenvalue weighted by Gasteiger charge is 2.16. The van der Waals surface area contributed by atoms with Gasteiger partial charge in [-0.3, -0.25) is 10.1 Å². The quantitative estimate of drug-likeness (QED) is 0.663. The van der Waals surface area contributed by atoms with Crippen LogP contribution >= 0.6 is 15.9 Å². The third-order valence-electron chi connectivity index (χ3n) is 2.99. The summed E-state index contributed by atoms with van der Waals surface area (Å²) in [5.74, 6) is -0.794. The van der Waals surface area contributed by atoms with Crippen LogP contribution in [0.4, 0.5) is 15.8 Å². The fraction of sp³-hybridized carbons (Fsp3) is 0.143. The topological polar surface area (TPSA) is 55.2 Å². The number of hydrogen-bond acceptors (Lipinski definition) is 3. The number of nitro benzene ring substituents is 1. The third-order valence-corrected chi connectivity index (χ3v) is 3.85. The van der Waals surface area contributed by atoms with Crippen molar-refractivity contribution in [2.24, 2.45) is 0 Å². The van der Waals surface area contributed by atoms with E-state index in [1.807, 2.05) is 25.1 Å². The van der Waals surface area contributed by atoms with Crippen LogP contribution in [0.15, 0.2) is 40.9 Å². The lowest BCUT2D eigenvalue weighted by Crippen LogP contribution is -2.05. The molecule has 0 aliphatic heterocycles. The van der Waals surface area contributed by atoms with Gasteiger partial charge >= 0.3 is 5.69 Å². The maximum absolute atomic E-state index is 13.9. The van der Waals surface area contributed by atoms with E-state index in [1.54, 1.807) is 0 Å². The molecule has 0 unspecified atom stereocenters. The molecular weight excluding hydrogens is 327 g/mol. The summed E-state index contributed by atoms with van der Waals surface area (Å²) in [6.07, 6.45) is 0. The predicted octanol–water partition coefficient (Wildman–Crippen LogP) is 4.42. The maximum atomic E-state index is 13.9. The molecule has 104 valence electrons. The molecular formula is C14H12BrFN2O2. The summed E-state index contributed by atoms with van der Waals surface area (Å²) in [5.41, 5.74) is 1.61. The molecule has 0 amide bonds. The molecule has 0 fully saturated rings. The highest BCUT2D eigenvalue weighted by molar-refractivity contribution is 9.10. The van der Waals surface area contributed by atoms with Crippen LogP contribution in [0.2, 0.25) is 0 Å². The lowest BCUT2D eigenvalue weighted by molar-refractivity contribution is -0.387. The van der Waals surface area contributed by atoms with E-state index in [2.05, 4.69) is 21.2 Å². The molecule has 6 heteroatoms. The van der Waals surface area contributed by atoms with Crippen LogP contribution in [0.1, 0.15) is 11.1 Å². The number of hydrogen-bond donors (Lipinski definition) is 1. The molecule has 0 radical (unpaired) electrons. The van der Waals surface area contributed by atoms with Crippen molar-refractivity contribution in [3.05, 3.63) is 67.9 Å². The van der Waals surface area contributed by atoms with Crippen LogP contribution in [0.25, 0.3) is 0 Å². The Kier molecular flexibility index (Phi) is 4.34. The molecule has 0 saturated carbocycles. The summed E-state index contributed by atoms with van der Waals surface area (Å²) in [7, 11) is 0. The molecule has 20 heavy (non-hydrogen) atoms. The van der Waals surface area contributed by atoms with Gasteiger partial charge in [-0.05, 0) is 24.6 Å². The first-order chi connectivity index (χ1) is 9.50. The number of benzene rings is 2. The molecule has 4 nitrogen and oxygen atoms in total. The van der Waals surface area contributed by atoms with Crippen molar-refractivity contribution in [2.75, 3.05) is 5.32 Å². The zero-order chi connectivity index (χ0) is 14.7. The predicted molar refractivity (Wildman–Crippen MR) is 79.3 cm³/mol. The van der Waals surface area contributed by atoms with Gasteiger partial charge in [0.1, 0.15) is 0 Å². The van der Waals surface area contributed by atoms with Crippen molar-refractivity contribution in [3.63, 3.8) is 0 Å². The van der Waals surface area contributed by atoms with E-state index in [0.29, 0.717) is 0 Å². The second-order valence-electron chi connectivity index (χ2n) is 4.27. The average Bonchev–Trinajstić information content (AvgIpc) is 2.41. The first-order valence-corrected chi connectivity index (χ1v) is 6.70. The van der Waals surface area contributed by atoms with Crippen LogP contribution < -0.4 is 5.32 Å². The van der Waals surface area contributed by atoms with Gasteiger partial charge in [-0.15, -0.1) is 0 Å². The summed E-state index contributed by atoms with van der Waals surface area (Å²) in [4.78, 5) is 9.97. The van der Waals surface area contributed by atoms with Gasteiger partial charge in [0.2, 0.25) is 5.82 Å². The van der Waals surface area contributed by atoms with E-state index in [1.165, 1.54) is 12.1 Å². The number of rotatable bonds is 4. The van der Waals surface area contributed by atoms with E-state index < -0.39 is 16.4 Å². The standard InChI is InChI=1S/C14H12BrFN2O2/c1-9-11(15)5-3-6-12(9)17-8-10-4-2-7-13(14(10)16)18(19)20/h2-7,17H,8H2,1H3. The zero-order valence-electron chi connectivity index (χ0n) is 10.7. The molecule has 0 atom stereocenters. The summed E-state index contributed by atoms with van der Waals surface area (Å²) >= 11 is 3.41. The maximum Gasteiger partial charge on any atom is 0.305 e. The minimum absolute atomic E-state index is 0.185. The zero-order valence-corrected chi connectivity index (χ0v) is 12.3. The highest BCUT2D eigenvalue weighted by atomic mass is 79.9. The molecule has 1 N–H and O–H groups in total. The Hall–Kier alpha value is -1.95. The van der Waals surface area contributed by atoms with Crippen molar-refractivity contribution >= 4 is 27.3 Å². The Morgan fingerprint density at radius 1 is 1.30 bits per heavy atom. The minimum atomic E-state index is -0.794. The molecule has 0 aliphatic rings. The summed E-state index contributed by atoms with van der Waals surface area (Å²) in [5, 5.41) is 13.8. The Bertz CT molecular complexity index is 662. The van der Waals surface area contributed by atoms with Crippen LogP contribution in [-0.2, 0) is 6.54 Å². The van der Waals surface area contributed by atoms with Gasteiger partial charge < -0.3 is 5.32 Å². The van der Waals surface area contributed by atoms with Crippen molar-refractivity contribution in [1.82, 2.24) is 0 Å². The fourth-order valence-corrected chi connectivity index (χ4v) is 2.20. The van der Waals surface area contributed by atoms with Crippen LogP contribution in [0.5, 0.6) is 0 Å². The molecule has 2 rings (SSSR count). The fourth-order valence-electron chi connectivity index (χ4n) is 1.83. The molecule has 0 spiro atoms. The van der Waals surface area contributed by atoms with Gasteiger partial charge in [0.05, 0.1) is 4.92 Å². The largest absolute Gasteiger partial charge is 0.381 e. The number of nitrogens with one attached hydrogen (secondary N) is 1. The molecule has 0 heterocycles. The highest BCUT2D eigenvalue weighted by Crippen LogP contribution is 2.25. The minimum Gasteiger partial charge on any atom is -0.381 e. The van der Waals surface area contributed by atoms with Gasteiger partial charge in [-0.2, -0.15) is 4.39 Å². The summed E-state index contributed by atoms with van der Waals surface area (Å²) < 4.78 is 14.9. The lowest BCUT2D eigenvalue weighted by Gasteiger charge is -2.11. The second kappa shape index (κ2) is 6.00. The van der Waals surface area contributed by atoms with Crippen LogP contribution in [0, 0.1) is 22.9 Å². The normalized spacial score (nSPS) is 10.3. The molecule has 0 bridgehead atoms. The first kappa shape index (κ1) is 14.5. The van der Waals surface area contributed by atoms with Gasteiger partial charge in [-0.1, -0.05) is 34.1 Å². The first-order valence-electron chi connectivity index (χ1n) is 5.91. The van der Waals surface area contributed by atoms with Crippen molar-refractivity contribution < 1.29 is 9.31 Å². The Morgan fingerprint density at radius 3 is 2.70 bits per heavy atom. The smallest absolute Gasteiger partial charge is 0.305 e. The van der Waals surface area contributed by atoms with E-state index >= 15 is 0 Å². The molecule has 0 aliphatic carbocycles.